The minimum atomic E-state index is -1.02. The molecule has 1 atom stereocenters. The Morgan fingerprint density at radius 3 is 3.05 bits per heavy atom. The van der Waals surface area contributed by atoms with Crippen LogP contribution in [-0.2, 0) is 4.79 Å². The van der Waals surface area contributed by atoms with E-state index in [4.69, 9.17) is 5.11 Å². The third-order valence-electron chi connectivity index (χ3n) is 2.98. The van der Waals surface area contributed by atoms with Crippen molar-refractivity contribution in [1.29, 1.82) is 0 Å². The smallest absolute Gasteiger partial charge is 0.326 e. The van der Waals surface area contributed by atoms with E-state index in [-0.39, 0.29) is 5.91 Å². The highest BCUT2D eigenvalue weighted by Gasteiger charge is 2.21. The van der Waals surface area contributed by atoms with Crippen molar-refractivity contribution in [3.05, 3.63) is 22.5 Å². The molecule has 0 unspecified atom stereocenters. The van der Waals surface area contributed by atoms with Gasteiger partial charge in [0.25, 0.3) is 5.91 Å². The predicted molar refractivity (Wildman–Crippen MR) is 77.6 cm³/mol. The van der Waals surface area contributed by atoms with Gasteiger partial charge in [0.15, 0.2) is 4.96 Å². The molecule has 3 heterocycles. The van der Waals surface area contributed by atoms with Crippen molar-refractivity contribution in [3.63, 3.8) is 0 Å². The molecule has 0 aliphatic heterocycles. The predicted octanol–water partition coefficient (Wildman–Crippen LogP) is 2.20. The van der Waals surface area contributed by atoms with Gasteiger partial charge in [-0.2, -0.15) is 0 Å². The molecule has 6 nitrogen and oxygen atoms in total. The summed E-state index contributed by atoms with van der Waals surface area (Å²) in [6, 6.07) is 0.886. The molecule has 0 radical (unpaired) electrons. The molecule has 2 N–H and O–H groups in total. The number of aliphatic carboxylic acids is 1. The molecule has 3 aromatic rings. The van der Waals surface area contributed by atoms with Gasteiger partial charge in [-0.05, 0) is 12.5 Å². The van der Waals surface area contributed by atoms with Crippen LogP contribution in [0.25, 0.3) is 15.3 Å². The summed E-state index contributed by atoms with van der Waals surface area (Å²) in [5.41, 5.74) is 0.875. The van der Waals surface area contributed by atoms with Crippen LogP contribution in [0.5, 0.6) is 0 Å². The monoisotopic (exact) mass is 309 g/mol. The van der Waals surface area contributed by atoms with E-state index in [1.54, 1.807) is 13.0 Å². The molecule has 0 spiro atoms. The molecule has 1 amide bonds. The molecule has 104 valence electrons. The molecular formula is C12H11N3O3S2. The summed E-state index contributed by atoms with van der Waals surface area (Å²) in [4.78, 5) is 29.6. The summed E-state index contributed by atoms with van der Waals surface area (Å²) >= 11 is 2.80. The van der Waals surface area contributed by atoms with Gasteiger partial charge in [0.05, 0.1) is 10.4 Å². The number of hydrogen-bond acceptors (Lipinski definition) is 5. The van der Waals surface area contributed by atoms with Crippen molar-refractivity contribution in [2.24, 2.45) is 0 Å². The first-order valence-electron chi connectivity index (χ1n) is 5.99. The number of carbonyl (C=O) groups excluding carboxylic acids is 1. The summed E-state index contributed by atoms with van der Waals surface area (Å²) < 4.78 is 1.92. The number of hydrogen-bond donors (Lipinski definition) is 2. The zero-order valence-corrected chi connectivity index (χ0v) is 12.1. The second-order valence-corrected chi connectivity index (χ2v) is 6.14. The summed E-state index contributed by atoms with van der Waals surface area (Å²) in [7, 11) is 0. The van der Waals surface area contributed by atoms with Gasteiger partial charge in [-0.15, -0.1) is 22.7 Å². The maximum atomic E-state index is 12.1. The Hall–Kier alpha value is -1.93. The molecule has 0 aliphatic carbocycles. The lowest BCUT2D eigenvalue weighted by molar-refractivity contribution is -0.139. The van der Waals surface area contributed by atoms with Crippen LogP contribution in [0.4, 0.5) is 0 Å². The zero-order valence-electron chi connectivity index (χ0n) is 10.5. The standard InChI is InChI=1S/C12H11N3O3S2/c1-2-6(11(17)18)13-9(16)8-5-7-10(20-8)14-12-15(7)3-4-19-12/h3-6H,2H2,1H3,(H,13,16)(H,17,18)/t6-/m1/s1. The van der Waals surface area contributed by atoms with Gasteiger partial charge < -0.3 is 10.4 Å². The number of aromatic nitrogens is 2. The van der Waals surface area contributed by atoms with Crippen molar-refractivity contribution in [2.45, 2.75) is 19.4 Å². The lowest BCUT2D eigenvalue weighted by Crippen LogP contribution is -2.39. The number of imidazole rings is 1. The number of thiazole rings is 1. The number of rotatable bonds is 4. The average Bonchev–Trinajstić information content (AvgIpc) is 3.05. The molecule has 8 heteroatoms. The van der Waals surface area contributed by atoms with Gasteiger partial charge in [0.1, 0.15) is 10.9 Å². The third kappa shape index (κ3) is 2.06. The maximum Gasteiger partial charge on any atom is 0.326 e. The van der Waals surface area contributed by atoms with E-state index in [0.717, 1.165) is 15.3 Å². The fourth-order valence-electron chi connectivity index (χ4n) is 1.93. The van der Waals surface area contributed by atoms with Crippen molar-refractivity contribution < 1.29 is 14.7 Å². The van der Waals surface area contributed by atoms with Crippen LogP contribution in [-0.4, -0.2) is 32.4 Å². The van der Waals surface area contributed by atoms with E-state index in [2.05, 4.69) is 10.3 Å². The molecular weight excluding hydrogens is 298 g/mol. The second-order valence-electron chi connectivity index (χ2n) is 4.24. The van der Waals surface area contributed by atoms with E-state index < -0.39 is 12.0 Å². The first-order valence-corrected chi connectivity index (χ1v) is 7.68. The van der Waals surface area contributed by atoms with Crippen LogP contribution in [0.1, 0.15) is 23.0 Å². The maximum absolute atomic E-state index is 12.1. The van der Waals surface area contributed by atoms with Gasteiger partial charge in [0.2, 0.25) is 0 Å². The van der Waals surface area contributed by atoms with Crippen molar-refractivity contribution >= 4 is 49.9 Å². The average molecular weight is 309 g/mol. The number of carboxylic acid groups (broad SMARTS) is 1. The van der Waals surface area contributed by atoms with E-state index >= 15 is 0 Å². The topological polar surface area (TPSA) is 83.7 Å². The molecule has 0 fully saturated rings. The van der Waals surface area contributed by atoms with Crippen LogP contribution in [0.2, 0.25) is 0 Å². The molecule has 0 bridgehead atoms. The highest BCUT2D eigenvalue weighted by Crippen LogP contribution is 2.28. The lowest BCUT2D eigenvalue weighted by Gasteiger charge is -2.10. The second kappa shape index (κ2) is 4.88. The third-order valence-corrected chi connectivity index (χ3v) is 4.75. The molecule has 3 aromatic heterocycles. The number of nitrogens with zero attached hydrogens (tertiary/aromatic N) is 2. The van der Waals surface area contributed by atoms with E-state index in [1.807, 2.05) is 16.0 Å². The highest BCUT2D eigenvalue weighted by molar-refractivity contribution is 7.21. The van der Waals surface area contributed by atoms with Gasteiger partial charge >= 0.3 is 5.97 Å². The number of thiophene rings is 1. The van der Waals surface area contributed by atoms with Crippen molar-refractivity contribution in [3.8, 4) is 0 Å². The van der Waals surface area contributed by atoms with Gasteiger partial charge in [-0.25, -0.2) is 9.78 Å². The highest BCUT2D eigenvalue weighted by atomic mass is 32.1. The molecule has 0 aliphatic rings. The summed E-state index contributed by atoms with van der Waals surface area (Å²) in [6.07, 6.45) is 2.25. The molecule has 0 saturated carbocycles. The summed E-state index contributed by atoms with van der Waals surface area (Å²) in [6.45, 7) is 1.72. The van der Waals surface area contributed by atoms with Crippen LogP contribution in [0.3, 0.4) is 0 Å². The molecule has 0 saturated heterocycles. The molecule has 3 rings (SSSR count). The normalized spacial score (nSPS) is 12.8. The molecule has 20 heavy (non-hydrogen) atoms. The Labute approximate surface area is 121 Å². The Morgan fingerprint density at radius 2 is 2.35 bits per heavy atom. The quantitative estimate of drug-likeness (QED) is 0.774. The van der Waals surface area contributed by atoms with Gasteiger partial charge in [-0.3, -0.25) is 9.20 Å². The number of carbonyl (C=O) groups is 2. The van der Waals surface area contributed by atoms with E-state index in [9.17, 15) is 9.59 Å². The Balaban J connectivity index is 1.91. The van der Waals surface area contributed by atoms with Crippen molar-refractivity contribution in [1.82, 2.24) is 14.7 Å². The first-order chi connectivity index (χ1) is 9.60. The van der Waals surface area contributed by atoms with Crippen LogP contribution < -0.4 is 5.32 Å². The minimum absolute atomic E-state index is 0.347. The number of fused-ring (bicyclic) bond motifs is 3. The van der Waals surface area contributed by atoms with Crippen molar-refractivity contribution in [2.75, 3.05) is 0 Å². The minimum Gasteiger partial charge on any atom is -0.480 e. The number of carboxylic acids is 1. The fraction of sp³-hybridized carbons (Fsp3) is 0.250. The van der Waals surface area contributed by atoms with E-state index in [1.165, 1.54) is 22.7 Å². The fourth-order valence-corrected chi connectivity index (χ4v) is 3.63. The molecule has 0 aromatic carbocycles. The van der Waals surface area contributed by atoms with Crippen LogP contribution in [0.15, 0.2) is 17.6 Å². The number of amides is 1. The largest absolute Gasteiger partial charge is 0.480 e. The zero-order chi connectivity index (χ0) is 14.3. The summed E-state index contributed by atoms with van der Waals surface area (Å²) in [5, 5.41) is 13.4. The lowest BCUT2D eigenvalue weighted by atomic mass is 10.2. The Kier molecular flexibility index (Phi) is 3.19. The van der Waals surface area contributed by atoms with Crippen LogP contribution >= 0.6 is 22.7 Å². The van der Waals surface area contributed by atoms with Gasteiger partial charge in [0, 0.05) is 11.6 Å². The first kappa shape index (κ1) is 13.1. The SMILES string of the molecule is CC[C@@H](NC(=O)c1cc2c(nc3sccn32)s1)C(=O)O. The Bertz CT molecular complexity index is 801. The van der Waals surface area contributed by atoms with Gasteiger partial charge in [-0.1, -0.05) is 6.92 Å². The van der Waals surface area contributed by atoms with E-state index in [0.29, 0.717) is 11.3 Å². The summed E-state index contributed by atoms with van der Waals surface area (Å²) in [5.74, 6) is -1.39. The van der Waals surface area contributed by atoms with Crippen LogP contribution in [0, 0.1) is 0 Å². The number of nitrogens with one attached hydrogen (secondary N) is 1. The Morgan fingerprint density at radius 1 is 1.55 bits per heavy atom.